The van der Waals surface area contributed by atoms with Gasteiger partial charge in [0.05, 0.1) is 17.9 Å². The molecule has 2 heterocycles. The normalized spacial score (nSPS) is 10.9. The molecule has 0 aliphatic carbocycles. The molecule has 1 N–H and O–H groups in total. The Labute approximate surface area is 188 Å². The Morgan fingerprint density at radius 1 is 1.10 bits per heavy atom. The molecular weight excluding hydrogens is 430 g/mol. The van der Waals surface area contributed by atoms with Gasteiger partial charge in [0, 0.05) is 10.9 Å². The van der Waals surface area contributed by atoms with Crippen LogP contribution >= 0.6 is 23.1 Å². The number of carbonyl (C=O) groups is 1. The summed E-state index contributed by atoms with van der Waals surface area (Å²) in [5.41, 5.74) is 1.72. The number of hydrogen-bond donors (Lipinski definition) is 1. The van der Waals surface area contributed by atoms with E-state index >= 15 is 0 Å². The van der Waals surface area contributed by atoms with Gasteiger partial charge in [0.15, 0.2) is 5.82 Å². The van der Waals surface area contributed by atoms with E-state index in [0.717, 1.165) is 38.7 Å². The number of hydrogen-bond acceptors (Lipinski definition) is 8. The fraction of sp³-hybridized carbons (Fsp3) is 0.227. The van der Waals surface area contributed by atoms with E-state index in [4.69, 9.17) is 14.7 Å². The van der Waals surface area contributed by atoms with Crippen molar-refractivity contribution in [2.45, 2.75) is 25.3 Å². The van der Waals surface area contributed by atoms with Crippen LogP contribution in [0, 0.1) is 0 Å². The Hall–Kier alpha value is -3.04. The average molecular weight is 452 g/mol. The molecule has 0 fully saturated rings. The molecule has 4 rings (SSSR count). The summed E-state index contributed by atoms with van der Waals surface area (Å²) in [6.07, 6.45) is 0.791. The maximum atomic E-state index is 12.5. The Bertz CT molecular complexity index is 1200. The van der Waals surface area contributed by atoms with Gasteiger partial charge in [-0.2, -0.15) is 0 Å². The zero-order valence-corrected chi connectivity index (χ0v) is 18.8. The van der Waals surface area contributed by atoms with Crippen molar-refractivity contribution in [1.82, 2.24) is 20.2 Å². The van der Waals surface area contributed by atoms with E-state index in [2.05, 4.69) is 15.5 Å². The lowest BCUT2D eigenvalue weighted by atomic mass is 10.2. The molecule has 1 amide bonds. The van der Waals surface area contributed by atoms with Crippen molar-refractivity contribution in [2.24, 2.45) is 0 Å². The van der Waals surface area contributed by atoms with Crippen LogP contribution in [0.1, 0.15) is 18.9 Å². The molecule has 4 aromatic rings. The number of fused-ring (bicyclic) bond motifs is 1. The first kappa shape index (κ1) is 21.2. The van der Waals surface area contributed by atoms with Crippen molar-refractivity contribution in [3.63, 3.8) is 0 Å². The van der Waals surface area contributed by atoms with Crippen molar-refractivity contribution in [3.8, 4) is 17.1 Å². The number of aromatic nitrogens is 4. The van der Waals surface area contributed by atoms with E-state index in [1.807, 2.05) is 62.4 Å². The SMILES string of the molecule is CCOc1ccc2nc(-c3ccccc3)nc(SCC(=O)Nc3nnc(CC)s3)c2c1. The first-order chi connectivity index (χ1) is 15.2. The number of rotatable bonds is 8. The third kappa shape index (κ3) is 5.18. The van der Waals surface area contributed by atoms with Crippen LogP contribution in [-0.4, -0.2) is 38.4 Å². The number of nitrogens with zero attached hydrogens (tertiary/aromatic N) is 4. The summed E-state index contributed by atoms with van der Waals surface area (Å²) in [6.45, 7) is 4.51. The maximum Gasteiger partial charge on any atom is 0.236 e. The summed E-state index contributed by atoms with van der Waals surface area (Å²) in [6, 6.07) is 15.5. The Morgan fingerprint density at radius 3 is 2.68 bits per heavy atom. The number of anilines is 1. The van der Waals surface area contributed by atoms with Crippen LogP contribution in [0.15, 0.2) is 53.6 Å². The average Bonchev–Trinajstić information content (AvgIpc) is 3.25. The van der Waals surface area contributed by atoms with Crippen molar-refractivity contribution >= 4 is 45.0 Å². The van der Waals surface area contributed by atoms with Crippen LogP contribution in [0.5, 0.6) is 5.75 Å². The molecule has 0 spiro atoms. The third-order valence-corrected chi connectivity index (χ3v) is 6.31. The van der Waals surface area contributed by atoms with Crippen molar-refractivity contribution in [1.29, 1.82) is 0 Å². The molecule has 0 aliphatic rings. The minimum absolute atomic E-state index is 0.155. The highest BCUT2D eigenvalue weighted by Crippen LogP contribution is 2.31. The molecule has 0 bridgehead atoms. The van der Waals surface area contributed by atoms with Gasteiger partial charge in [0.25, 0.3) is 0 Å². The molecule has 0 saturated carbocycles. The summed E-state index contributed by atoms with van der Waals surface area (Å²) in [5.74, 6) is 1.41. The van der Waals surface area contributed by atoms with E-state index in [9.17, 15) is 4.79 Å². The quantitative estimate of drug-likeness (QED) is 0.303. The predicted octanol–water partition coefficient (Wildman–Crippen LogP) is 4.84. The number of carbonyl (C=O) groups excluding carboxylic acids is 1. The lowest BCUT2D eigenvalue weighted by Gasteiger charge is -2.10. The van der Waals surface area contributed by atoms with Crippen LogP contribution in [0.3, 0.4) is 0 Å². The van der Waals surface area contributed by atoms with E-state index in [1.165, 1.54) is 23.1 Å². The standard InChI is InChI=1S/C22H21N5O2S2/c1-3-19-26-27-22(31-19)24-18(28)13-30-21-16-12-15(29-4-2)10-11-17(16)23-20(25-21)14-8-6-5-7-9-14/h5-12H,3-4,13H2,1-2H3,(H,24,27,28). The van der Waals surface area contributed by atoms with Gasteiger partial charge in [0.1, 0.15) is 15.8 Å². The number of benzene rings is 2. The molecule has 2 aromatic carbocycles. The minimum atomic E-state index is -0.155. The van der Waals surface area contributed by atoms with Gasteiger partial charge in [0.2, 0.25) is 11.0 Å². The van der Waals surface area contributed by atoms with Crippen LogP contribution in [-0.2, 0) is 11.2 Å². The molecule has 7 nitrogen and oxygen atoms in total. The fourth-order valence-corrected chi connectivity index (χ4v) is 4.40. The van der Waals surface area contributed by atoms with Crippen molar-refractivity contribution in [2.75, 3.05) is 17.7 Å². The number of aryl methyl sites for hydroxylation is 1. The van der Waals surface area contributed by atoms with Crippen LogP contribution in [0.25, 0.3) is 22.3 Å². The maximum absolute atomic E-state index is 12.5. The van der Waals surface area contributed by atoms with Crippen LogP contribution in [0.2, 0.25) is 0 Å². The second kappa shape index (κ2) is 9.84. The zero-order valence-electron chi connectivity index (χ0n) is 17.2. The van der Waals surface area contributed by atoms with Crippen molar-refractivity contribution in [3.05, 3.63) is 53.5 Å². The van der Waals surface area contributed by atoms with Gasteiger partial charge in [-0.3, -0.25) is 10.1 Å². The van der Waals surface area contributed by atoms with Gasteiger partial charge < -0.3 is 4.74 Å². The van der Waals surface area contributed by atoms with Gasteiger partial charge in [-0.25, -0.2) is 9.97 Å². The molecule has 31 heavy (non-hydrogen) atoms. The van der Waals surface area contributed by atoms with Gasteiger partial charge in [-0.05, 0) is 31.5 Å². The molecule has 0 atom stereocenters. The van der Waals surface area contributed by atoms with E-state index in [1.54, 1.807) is 0 Å². The first-order valence-corrected chi connectivity index (χ1v) is 11.7. The lowest BCUT2D eigenvalue weighted by molar-refractivity contribution is -0.113. The zero-order chi connectivity index (χ0) is 21.6. The van der Waals surface area contributed by atoms with Crippen LogP contribution < -0.4 is 10.1 Å². The smallest absolute Gasteiger partial charge is 0.236 e. The van der Waals surface area contributed by atoms with Gasteiger partial charge in [-0.1, -0.05) is 60.4 Å². The third-order valence-electron chi connectivity index (χ3n) is 4.33. The highest BCUT2D eigenvalue weighted by atomic mass is 32.2. The molecule has 0 unspecified atom stereocenters. The van der Waals surface area contributed by atoms with E-state index in [0.29, 0.717) is 17.6 Å². The second-order valence-electron chi connectivity index (χ2n) is 6.52. The molecule has 158 valence electrons. The first-order valence-electron chi connectivity index (χ1n) is 9.91. The monoisotopic (exact) mass is 451 g/mol. The number of ether oxygens (including phenoxy) is 1. The summed E-state index contributed by atoms with van der Waals surface area (Å²) < 4.78 is 5.64. The molecule has 2 aromatic heterocycles. The van der Waals surface area contributed by atoms with Gasteiger partial charge in [-0.15, -0.1) is 10.2 Å². The number of nitrogens with one attached hydrogen (secondary N) is 1. The summed E-state index contributed by atoms with van der Waals surface area (Å²) in [4.78, 5) is 22.0. The Morgan fingerprint density at radius 2 is 1.94 bits per heavy atom. The number of amides is 1. The topological polar surface area (TPSA) is 89.9 Å². The molecule has 0 aliphatic heterocycles. The Balaban J connectivity index is 1.61. The Kier molecular flexibility index (Phi) is 6.73. The summed E-state index contributed by atoms with van der Waals surface area (Å²) in [5, 5.41) is 13.8. The minimum Gasteiger partial charge on any atom is -0.494 e. The highest BCUT2D eigenvalue weighted by Gasteiger charge is 2.14. The largest absolute Gasteiger partial charge is 0.494 e. The highest BCUT2D eigenvalue weighted by molar-refractivity contribution is 8.00. The molecular formula is C22H21N5O2S2. The molecule has 0 saturated heterocycles. The van der Waals surface area contributed by atoms with Gasteiger partial charge >= 0.3 is 0 Å². The number of thioether (sulfide) groups is 1. The molecule has 0 radical (unpaired) electrons. The summed E-state index contributed by atoms with van der Waals surface area (Å²) >= 11 is 2.75. The molecule has 9 heteroatoms. The predicted molar refractivity (Wildman–Crippen MR) is 125 cm³/mol. The summed E-state index contributed by atoms with van der Waals surface area (Å²) in [7, 11) is 0. The van der Waals surface area contributed by atoms with Crippen LogP contribution in [0.4, 0.5) is 5.13 Å². The van der Waals surface area contributed by atoms with E-state index in [-0.39, 0.29) is 11.7 Å². The lowest BCUT2D eigenvalue weighted by Crippen LogP contribution is -2.14. The second-order valence-corrected chi connectivity index (χ2v) is 8.55. The van der Waals surface area contributed by atoms with E-state index < -0.39 is 0 Å². The fourth-order valence-electron chi connectivity index (χ4n) is 2.90. The van der Waals surface area contributed by atoms with Crippen molar-refractivity contribution < 1.29 is 9.53 Å².